The van der Waals surface area contributed by atoms with E-state index in [0.29, 0.717) is 18.9 Å². The van der Waals surface area contributed by atoms with Gasteiger partial charge >= 0.3 is 0 Å². The van der Waals surface area contributed by atoms with Crippen molar-refractivity contribution < 1.29 is 9.59 Å². The van der Waals surface area contributed by atoms with Crippen molar-refractivity contribution in [3.8, 4) is 0 Å². The number of fused-ring (bicyclic) bond motifs is 1. The van der Waals surface area contributed by atoms with Crippen molar-refractivity contribution in [1.82, 2.24) is 15.2 Å². The summed E-state index contributed by atoms with van der Waals surface area (Å²) in [6, 6.07) is 8.35. The Bertz CT molecular complexity index is 742. The van der Waals surface area contributed by atoms with Gasteiger partial charge in [-0.25, -0.2) is 0 Å². The van der Waals surface area contributed by atoms with E-state index in [9.17, 15) is 9.59 Å². The third kappa shape index (κ3) is 3.50. The van der Waals surface area contributed by atoms with Crippen LogP contribution >= 0.6 is 0 Å². The third-order valence-corrected chi connectivity index (χ3v) is 4.73. The highest BCUT2D eigenvalue weighted by molar-refractivity contribution is 5.87. The number of carbonyl (C=O) groups is 2. The van der Waals surface area contributed by atoms with E-state index in [1.807, 2.05) is 11.0 Å². The number of piperidine rings is 1. The van der Waals surface area contributed by atoms with Crippen LogP contribution in [0.4, 0.5) is 0 Å². The van der Waals surface area contributed by atoms with Crippen LogP contribution in [0.1, 0.15) is 30.7 Å². The van der Waals surface area contributed by atoms with Crippen LogP contribution in [0, 0.1) is 0 Å². The van der Waals surface area contributed by atoms with Crippen molar-refractivity contribution in [1.29, 1.82) is 0 Å². The molecule has 126 valence electrons. The van der Waals surface area contributed by atoms with Crippen LogP contribution in [0.25, 0.3) is 10.9 Å². The molecular weight excluding hydrogens is 302 g/mol. The summed E-state index contributed by atoms with van der Waals surface area (Å²) in [6.07, 6.45) is 5.63. The number of benzene rings is 1. The summed E-state index contributed by atoms with van der Waals surface area (Å²) >= 11 is 0. The third-order valence-electron chi connectivity index (χ3n) is 4.73. The summed E-state index contributed by atoms with van der Waals surface area (Å²) in [4.78, 5) is 28.6. The molecule has 1 aliphatic rings. The molecule has 0 unspecified atom stereocenters. The summed E-state index contributed by atoms with van der Waals surface area (Å²) < 4.78 is 0. The van der Waals surface area contributed by atoms with Crippen LogP contribution in [0.2, 0.25) is 0 Å². The largest absolute Gasteiger partial charge is 0.361 e. The molecule has 0 radical (unpaired) electrons. The molecule has 2 aromatic rings. The Labute approximate surface area is 141 Å². The minimum absolute atomic E-state index is 0.108. The minimum atomic E-state index is -0.235. The summed E-state index contributed by atoms with van der Waals surface area (Å²) in [7, 11) is 0. The highest BCUT2D eigenvalue weighted by Gasteiger charge is 2.25. The first-order valence-electron chi connectivity index (χ1n) is 8.43. The highest BCUT2D eigenvalue weighted by Crippen LogP contribution is 2.33. The standard InChI is InChI=1S/C19H23N3O2/c1-2-18(23)20-10-7-19(24)22-11-8-14(9-12-22)16-13-21-17-6-4-3-5-15(16)17/h2-6,13-14,21H,1,7-12H2,(H,20,23). The predicted molar refractivity (Wildman–Crippen MR) is 94.7 cm³/mol. The van der Waals surface area contributed by atoms with E-state index >= 15 is 0 Å². The number of hydrogen-bond acceptors (Lipinski definition) is 2. The first-order valence-corrected chi connectivity index (χ1v) is 8.43. The molecule has 3 rings (SSSR count). The molecule has 5 heteroatoms. The minimum Gasteiger partial charge on any atom is -0.361 e. The first kappa shape index (κ1) is 16.3. The predicted octanol–water partition coefficient (Wildman–Crippen LogP) is 2.57. The molecule has 24 heavy (non-hydrogen) atoms. The number of H-pyrrole nitrogens is 1. The lowest BCUT2D eigenvalue weighted by Gasteiger charge is -2.32. The van der Waals surface area contributed by atoms with Gasteiger partial charge < -0.3 is 15.2 Å². The van der Waals surface area contributed by atoms with Crippen LogP contribution in [0.15, 0.2) is 43.1 Å². The zero-order valence-electron chi connectivity index (χ0n) is 13.8. The average Bonchev–Trinajstić information content (AvgIpc) is 3.05. The fourth-order valence-electron chi connectivity index (χ4n) is 3.39. The second kappa shape index (κ2) is 7.34. The van der Waals surface area contributed by atoms with Crippen molar-refractivity contribution in [3.63, 3.8) is 0 Å². The molecule has 0 aliphatic carbocycles. The second-order valence-corrected chi connectivity index (χ2v) is 6.19. The molecule has 1 saturated heterocycles. The SMILES string of the molecule is C=CC(=O)NCCC(=O)N1CCC(c2c[nH]c3ccccc23)CC1. The molecule has 2 heterocycles. The maximum Gasteiger partial charge on any atom is 0.243 e. The number of aromatic nitrogens is 1. The quantitative estimate of drug-likeness (QED) is 0.830. The van der Waals surface area contributed by atoms with Gasteiger partial charge in [0, 0.05) is 43.2 Å². The van der Waals surface area contributed by atoms with Crippen LogP contribution in [-0.2, 0) is 9.59 Å². The molecule has 2 amide bonds. The monoisotopic (exact) mass is 325 g/mol. The van der Waals surface area contributed by atoms with E-state index in [1.54, 1.807) is 0 Å². The molecule has 0 spiro atoms. The van der Waals surface area contributed by atoms with E-state index in [4.69, 9.17) is 0 Å². The maximum absolute atomic E-state index is 12.2. The van der Waals surface area contributed by atoms with Crippen LogP contribution < -0.4 is 5.32 Å². The Morgan fingerprint density at radius 3 is 2.79 bits per heavy atom. The van der Waals surface area contributed by atoms with Gasteiger partial charge in [-0.1, -0.05) is 24.8 Å². The van der Waals surface area contributed by atoms with Gasteiger partial charge in [0.2, 0.25) is 11.8 Å². The number of rotatable bonds is 5. The van der Waals surface area contributed by atoms with Crippen molar-refractivity contribution in [2.45, 2.75) is 25.2 Å². The van der Waals surface area contributed by atoms with Gasteiger partial charge in [-0.05, 0) is 36.5 Å². The van der Waals surface area contributed by atoms with Gasteiger partial charge in [0.15, 0.2) is 0 Å². The Morgan fingerprint density at radius 1 is 1.29 bits per heavy atom. The van der Waals surface area contributed by atoms with Crippen LogP contribution in [0.3, 0.4) is 0 Å². The van der Waals surface area contributed by atoms with Gasteiger partial charge in [0.1, 0.15) is 0 Å². The van der Waals surface area contributed by atoms with E-state index in [-0.39, 0.29) is 11.8 Å². The number of nitrogens with zero attached hydrogens (tertiary/aromatic N) is 1. The lowest BCUT2D eigenvalue weighted by Crippen LogP contribution is -2.39. The number of hydrogen-bond donors (Lipinski definition) is 2. The normalized spacial score (nSPS) is 15.4. The summed E-state index contributed by atoms with van der Waals surface area (Å²) in [5, 5.41) is 3.93. The number of aromatic amines is 1. The van der Waals surface area contributed by atoms with Crippen molar-refractivity contribution in [3.05, 3.63) is 48.7 Å². The Balaban J connectivity index is 1.53. The summed E-state index contributed by atoms with van der Waals surface area (Å²) in [5.41, 5.74) is 2.53. The lowest BCUT2D eigenvalue weighted by molar-refractivity contribution is -0.132. The molecule has 1 aromatic carbocycles. The van der Waals surface area contributed by atoms with Crippen molar-refractivity contribution in [2.24, 2.45) is 0 Å². The first-order chi connectivity index (χ1) is 11.7. The molecule has 2 N–H and O–H groups in total. The van der Waals surface area contributed by atoms with E-state index in [0.717, 1.165) is 25.9 Å². The Hall–Kier alpha value is -2.56. The van der Waals surface area contributed by atoms with Gasteiger partial charge in [0.05, 0.1) is 0 Å². The molecule has 1 aromatic heterocycles. The zero-order chi connectivity index (χ0) is 16.9. The molecule has 1 fully saturated rings. The smallest absolute Gasteiger partial charge is 0.243 e. The van der Waals surface area contributed by atoms with Gasteiger partial charge in [0.25, 0.3) is 0 Å². The summed E-state index contributed by atoms with van der Waals surface area (Å²) in [5.74, 6) is 0.364. The van der Waals surface area contributed by atoms with E-state index in [1.165, 1.54) is 22.5 Å². The van der Waals surface area contributed by atoms with E-state index < -0.39 is 0 Å². The molecule has 0 atom stereocenters. The van der Waals surface area contributed by atoms with Gasteiger partial charge in [-0.15, -0.1) is 0 Å². The maximum atomic E-state index is 12.2. The van der Waals surface area contributed by atoms with Crippen molar-refractivity contribution >= 4 is 22.7 Å². The number of amides is 2. The second-order valence-electron chi connectivity index (χ2n) is 6.19. The zero-order valence-corrected chi connectivity index (χ0v) is 13.8. The van der Waals surface area contributed by atoms with E-state index in [2.05, 4.69) is 41.3 Å². The number of likely N-dealkylation sites (tertiary alicyclic amines) is 1. The fraction of sp³-hybridized carbons (Fsp3) is 0.368. The Morgan fingerprint density at radius 2 is 2.04 bits per heavy atom. The lowest BCUT2D eigenvalue weighted by atomic mass is 9.89. The summed E-state index contributed by atoms with van der Waals surface area (Å²) in [6.45, 7) is 5.31. The number of nitrogens with one attached hydrogen (secondary N) is 2. The van der Waals surface area contributed by atoms with Gasteiger partial charge in [-0.3, -0.25) is 9.59 Å². The van der Waals surface area contributed by atoms with Gasteiger partial charge in [-0.2, -0.15) is 0 Å². The molecule has 1 aliphatic heterocycles. The average molecular weight is 325 g/mol. The van der Waals surface area contributed by atoms with Crippen molar-refractivity contribution in [2.75, 3.05) is 19.6 Å². The molecular formula is C19H23N3O2. The van der Waals surface area contributed by atoms with Crippen LogP contribution in [0.5, 0.6) is 0 Å². The fourth-order valence-corrected chi connectivity index (χ4v) is 3.39. The number of carbonyl (C=O) groups excluding carboxylic acids is 2. The molecule has 0 saturated carbocycles. The molecule has 5 nitrogen and oxygen atoms in total. The topological polar surface area (TPSA) is 65.2 Å². The number of para-hydroxylation sites is 1. The highest BCUT2D eigenvalue weighted by atomic mass is 16.2. The molecule has 0 bridgehead atoms. The Kier molecular flexibility index (Phi) is 4.99. The van der Waals surface area contributed by atoms with Crippen LogP contribution in [-0.4, -0.2) is 41.3 Å².